The molecular formula is C17H18FNO2. The Kier molecular flexibility index (Phi) is 3.55. The molecule has 0 saturated carbocycles. The minimum absolute atomic E-state index is 0.0739. The smallest absolute Gasteiger partial charge is 0.126 e. The van der Waals surface area contributed by atoms with E-state index in [1.54, 1.807) is 13.2 Å². The lowest BCUT2D eigenvalue weighted by Crippen LogP contribution is -2.36. The molecule has 0 saturated heterocycles. The van der Waals surface area contributed by atoms with Crippen LogP contribution >= 0.6 is 0 Å². The van der Waals surface area contributed by atoms with Crippen LogP contribution in [0.25, 0.3) is 0 Å². The Morgan fingerprint density at radius 1 is 1.24 bits per heavy atom. The molecular weight excluding hydrogens is 269 g/mol. The number of anilines is 1. The Bertz CT molecular complexity index is 642. The fraction of sp³-hybridized carbons (Fsp3) is 0.294. The first-order valence-electron chi connectivity index (χ1n) is 6.99. The van der Waals surface area contributed by atoms with Gasteiger partial charge in [0.1, 0.15) is 11.6 Å². The van der Waals surface area contributed by atoms with E-state index in [1.807, 2.05) is 30.3 Å². The van der Waals surface area contributed by atoms with Gasteiger partial charge in [0.05, 0.1) is 19.3 Å². The quantitative estimate of drug-likeness (QED) is 0.908. The molecule has 110 valence electrons. The molecule has 1 unspecified atom stereocenters. The van der Waals surface area contributed by atoms with Gasteiger partial charge in [0.25, 0.3) is 0 Å². The molecule has 0 fully saturated rings. The fourth-order valence-corrected chi connectivity index (χ4v) is 3.02. The monoisotopic (exact) mass is 287 g/mol. The van der Waals surface area contributed by atoms with Crippen LogP contribution in [-0.4, -0.2) is 18.8 Å². The molecule has 3 rings (SSSR count). The highest BCUT2D eigenvalue weighted by atomic mass is 19.1. The fourth-order valence-electron chi connectivity index (χ4n) is 3.02. The Morgan fingerprint density at radius 3 is 2.67 bits per heavy atom. The summed E-state index contributed by atoms with van der Waals surface area (Å²) in [5.74, 6) is 0.579. The van der Waals surface area contributed by atoms with Gasteiger partial charge in [-0.25, -0.2) is 4.39 Å². The lowest BCUT2D eigenvalue weighted by molar-refractivity contribution is 0.211. The van der Waals surface area contributed by atoms with Crippen molar-refractivity contribution >= 4 is 5.69 Å². The number of aliphatic hydroxyl groups excluding tert-OH is 1. The Morgan fingerprint density at radius 2 is 2.00 bits per heavy atom. The molecule has 1 aliphatic carbocycles. The second-order valence-corrected chi connectivity index (χ2v) is 5.36. The normalized spacial score (nSPS) is 20.1. The number of ether oxygens (including phenoxy) is 1. The van der Waals surface area contributed by atoms with E-state index in [0.717, 1.165) is 17.0 Å². The molecule has 2 aromatic rings. The molecule has 21 heavy (non-hydrogen) atoms. The molecule has 2 aromatic carbocycles. The third-order valence-corrected chi connectivity index (χ3v) is 4.18. The minimum atomic E-state index is -0.619. The van der Waals surface area contributed by atoms with Gasteiger partial charge in [-0.05, 0) is 54.3 Å². The molecule has 4 heteroatoms. The number of aliphatic hydroxyl groups is 1. The second kappa shape index (κ2) is 5.37. The summed E-state index contributed by atoms with van der Waals surface area (Å²) in [4.78, 5) is 0. The Hall–Kier alpha value is -2.07. The van der Waals surface area contributed by atoms with Crippen molar-refractivity contribution in [3.05, 3.63) is 59.4 Å². The van der Waals surface area contributed by atoms with Crippen molar-refractivity contribution in [2.45, 2.75) is 18.4 Å². The second-order valence-electron chi connectivity index (χ2n) is 5.36. The van der Waals surface area contributed by atoms with Gasteiger partial charge in [-0.1, -0.05) is 12.1 Å². The van der Waals surface area contributed by atoms with Crippen LogP contribution in [0.4, 0.5) is 10.1 Å². The highest BCUT2D eigenvalue weighted by Gasteiger charge is 2.39. The van der Waals surface area contributed by atoms with Crippen LogP contribution in [0.15, 0.2) is 42.5 Å². The number of nitrogens with one attached hydrogen (secondary N) is 1. The van der Waals surface area contributed by atoms with Crippen LogP contribution in [0.1, 0.15) is 17.5 Å². The largest absolute Gasteiger partial charge is 0.497 e. The van der Waals surface area contributed by atoms with Crippen molar-refractivity contribution < 1.29 is 14.2 Å². The summed E-state index contributed by atoms with van der Waals surface area (Å²) in [6.45, 7) is -0.0739. The third kappa shape index (κ3) is 2.36. The Labute approximate surface area is 123 Å². The Balaban J connectivity index is 1.94. The van der Waals surface area contributed by atoms with Crippen molar-refractivity contribution in [3.8, 4) is 5.75 Å². The van der Waals surface area contributed by atoms with Crippen LogP contribution in [0.3, 0.4) is 0 Å². The van der Waals surface area contributed by atoms with Gasteiger partial charge in [-0.2, -0.15) is 0 Å². The average molecular weight is 287 g/mol. The highest BCUT2D eigenvalue weighted by Crippen LogP contribution is 2.40. The van der Waals surface area contributed by atoms with Crippen molar-refractivity contribution in [2.75, 3.05) is 19.0 Å². The number of rotatable bonds is 4. The van der Waals surface area contributed by atoms with Crippen LogP contribution in [0.2, 0.25) is 0 Å². The van der Waals surface area contributed by atoms with Crippen molar-refractivity contribution in [2.24, 2.45) is 0 Å². The molecule has 3 nitrogen and oxygen atoms in total. The first kappa shape index (κ1) is 13.9. The van der Waals surface area contributed by atoms with Crippen LogP contribution < -0.4 is 10.1 Å². The van der Waals surface area contributed by atoms with Gasteiger partial charge >= 0.3 is 0 Å². The van der Waals surface area contributed by atoms with E-state index in [0.29, 0.717) is 18.4 Å². The maximum absolute atomic E-state index is 13.9. The summed E-state index contributed by atoms with van der Waals surface area (Å²) < 4.78 is 19.0. The lowest BCUT2D eigenvalue weighted by atomic mass is 9.92. The van der Waals surface area contributed by atoms with Crippen LogP contribution in [0, 0.1) is 5.82 Å². The van der Waals surface area contributed by atoms with E-state index >= 15 is 0 Å². The van der Waals surface area contributed by atoms with E-state index in [2.05, 4.69) is 5.32 Å². The summed E-state index contributed by atoms with van der Waals surface area (Å²) in [7, 11) is 1.62. The van der Waals surface area contributed by atoms with Crippen molar-refractivity contribution in [3.63, 3.8) is 0 Å². The molecule has 0 heterocycles. The molecule has 0 bridgehead atoms. The van der Waals surface area contributed by atoms with Crippen LogP contribution in [0.5, 0.6) is 5.75 Å². The van der Waals surface area contributed by atoms with Crippen molar-refractivity contribution in [1.29, 1.82) is 0 Å². The topological polar surface area (TPSA) is 41.5 Å². The number of hydrogen-bond donors (Lipinski definition) is 2. The van der Waals surface area contributed by atoms with Gasteiger partial charge in [-0.15, -0.1) is 0 Å². The zero-order valence-electron chi connectivity index (χ0n) is 11.9. The summed E-state index contributed by atoms with van der Waals surface area (Å²) in [6.07, 6.45) is 1.30. The van der Waals surface area contributed by atoms with E-state index in [4.69, 9.17) is 4.74 Å². The number of methoxy groups -OCH3 is 1. The number of benzene rings is 2. The molecule has 1 atom stereocenters. The molecule has 0 radical (unpaired) electrons. The molecule has 0 aromatic heterocycles. The minimum Gasteiger partial charge on any atom is -0.497 e. The van der Waals surface area contributed by atoms with Gasteiger partial charge in [0.15, 0.2) is 0 Å². The zero-order chi connectivity index (χ0) is 14.9. The van der Waals surface area contributed by atoms with E-state index < -0.39 is 5.54 Å². The predicted octanol–water partition coefficient (Wildman–Crippen LogP) is 3.08. The molecule has 0 amide bonds. The summed E-state index contributed by atoms with van der Waals surface area (Å²) in [5, 5.41) is 13.3. The first-order valence-corrected chi connectivity index (χ1v) is 6.99. The van der Waals surface area contributed by atoms with Gasteiger partial charge in [0, 0.05) is 5.69 Å². The van der Waals surface area contributed by atoms with E-state index in [1.165, 1.54) is 6.07 Å². The number of hydrogen-bond acceptors (Lipinski definition) is 3. The SMILES string of the molecule is COc1ccc(NC2(CO)CCc3c(F)cccc32)cc1. The maximum atomic E-state index is 13.9. The summed E-state index contributed by atoms with van der Waals surface area (Å²) >= 11 is 0. The predicted molar refractivity (Wildman–Crippen MR) is 80.1 cm³/mol. The summed E-state index contributed by atoms with van der Waals surface area (Å²) in [5.41, 5.74) is 1.81. The lowest BCUT2D eigenvalue weighted by Gasteiger charge is -2.31. The molecule has 0 spiro atoms. The molecule has 1 aliphatic rings. The molecule has 0 aliphatic heterocycles. The zero-order valence-corrected chi connectivity index (χ0v) is 11.9. The van der Waals surface area contributed by atoms with Gasteiger partial charge < -0.3 is 15.2 Å². The highest BCUT2D eigenvalue weighted by molar-refractivity contribution is 5.53. The average Bonchev–Trinajstić information content (AvgIpc) is 2.89. The van der Waals surface area contributed by atoms with Crippen molar-refractivity contribution in [1.82, 2.24) is 0 Å². The van der Waals surface area contributed by atoms with E-state index in [9.17, 15) is 9.50 Å². The van der Waals surface area contributed by atoms with Gasteiger partial charge in [0.2, 0.25) is 0 Å². The van der Waals surface area contributed by atoms with Crippen LogP contribution in [-0.2, 0) is 12.0 Å². The number of halogens is 1. The molecule has 2 N–H and O–H groups in total. The maximum Gasteiger partial charge on any atom is 0.126 e. The standard InChI is InChI=1S/C17H18FNO2/c1-21-13-7-5-12(6-8-13)19-17(11-20)10-9-14-15(17)3-2-4-16(14)18/h2-8,19-20H,9-11H2,1H3. The summed E-state index contributed by atoms with van der Waals surface area (Å²) in [6, 6.07) is 12.6. The third-order valence-electron chi connectivity index (χ3n) is 4.18. The van der Waals surface area contributed by atoms with Gasteiger partial charge in [-0.3, -0.25) is 0 Å². The first-order chi connectivity index (χ1) is 10.2. The number of fused-ring (bicyclic) bond motifs is 1. The van der Waals surface area contributed by atoms with E-state index in [-0.39, 0.29) is 12.4 Å².